The first-order valence-corrected chi connectivity index (χ1v) is 8.47. The van der Waals surface area contributed by atoms with Crippen molar-refractivity contribution in [2.45, 2.75) is 40.5 Å². The van der Waals surface area contributed by atoms with E-state index in [1.807, 2.05) is 27.7 Å². The number of benzene rings is 2. The van der Waals surface area contributed by atoms with Gasteiger partial charge in [0.15, 0.2) is 0 Å². The van der Waals surface area contributed by atoms with Gasteiger partial charge in [-0.25, -0.2) is 0 Å². The molecule has 0 radical (unpaired) electrons. The van der Waals surface area contributed by atoms with Crippen LogP contribution in [0.25, 0.3) is 12.2 Å². The van der Waals surface area contributed by atoms with Crippen molar-refractivity contribution in [1.29, 1.82) is 0 Å². The summed E-state index contributed by atoms with van der Waals surface area (Å²) in [6.45, 7) is 8.00. The summed E-state index contributed by atoms with van der Waals surface area (Å²) in [5.41, 5.74) is 8.70. The van der Waals surface area contributed by atoms with Crippen LogP contribution in [0, 0.1) is 0 Å². The lowest BCUT2D eigenvalue weighted by Gasteiger charge is -2.02. The van der Waals surface area contributed by atoms with Crippen molar-refractivity contribution in [3.8, 4) is 0 Å². The van der Waals surface area contributed by atoms with E-state index in [1.165, 1.54) is 33.4 Å². The van der Waals surface area contributed by atoms with Gasteiger partial charge in [-0.1, -0.05) is 88.4 Å². The fourth-order valence-electron chi connectivity index (χ4n) is 2.97. The largest absolute Gasteiger partial charge is 0.0683 e. The third-order valence-electron chi connectivity index (χ3n) is 3.94. The summed E-state index contributed by atoms with van der Waals surface area (Å²) in [7, 11) is 0. The minimum absolute atomic E-state index is 1.09. The Kier molecular flexibility index (Phi) is 5.77. The molecule has 2 aliphatic rings. The molecule has 114 valence electrons. The van der Waals surface area contributed by atoms with Gasteiger partial charge in [0.05, 0.1) is 0 Å². The molecule has 0 aliphatic heterocycles. The molecule has 0 saturated carbocycles. The number of hydrogen-bond acceptors (Lipinski definition) is 0. The molecule has 22 heavy (non-hydrogen) atoms. The summed E-state index contributed by atoms with van der Waals surface area (Å²) in [4.78, 5) is 0. The van der Waals surface area contributed by atoms with Crippen molar-refractivity contribution >= 4 is 12.2 Å². The Morgan fingerprint density at radius 1 is 0.545 bits per heavy atom. The van der Waals surface area contributed by atoms with E-state index in [1.54, 1.807) is 0 Å². The monoisotopic (exact) mass is 290 g/mol. The van der Waals surface area contributed by atoms with Crippen LogP contribution in [0.4, 0.5) is 0 Å². The predicted molar refractivity (Wildman–Crippen MR) is 98.9 cm³/mol. The summed E-state index contributed by atoms with van der Waals surface area (Å²) in [6, 6.07) is 17.4. The Balaban J connectivity index is 0.000000410. The molecule has 0 fully saturated rings. The lowest BCUT2D eigenvalue weighted by molar-refractivity contribution is 1.13. The van der Waals surface area contributed by atoms with Gasteiger partial charge in [-0.15, -0.1) is 0 Å². The zero-order valence-corrected chi connectivity index (χ0v) is 14.2. The fourth-order valence-corrected chi connectivity index (χ4v) is 2.97. The molecular formula is C22H26. The highest BCUT2D eigenvalue weighted by Gasteiger charge is 2.19. The van der Waals surface area contributed by atoms with Crippen LogP contribution in [0.5, 0.6) is 0 Å². The molecule has 0 atom stereocenters. The van der Waals surface area contributed by atoms with Crippen molar-refractivity contribution in [3.63, 3.8) is 0 Å². The Hall–Kier alpha value is -2.08. The molecule has 2 aliphatic carbocycles. The van der Waals surface area contributed by atoms with Crippen LogP contribution in [-0.4, -0.2) is 0 Å². The third-order valence-corrected chi connectivity index (χ3v) is 3.94. The molecule has 2 aromatic rings. The molecule has 0 aromatic heterocycles. The van der Waals surface area contributed by atoms with E-state index < -0.39 is 0 Å². The smallest absolute Gasteiger partial charge is 0.00168 e. The van der Waals surface area contributed by atoms with E-state index in [2.05, 4.69) is 60.7 Å². The Morgan fingerprint density at radius 3 is 1.27 bits per heavy atom. The molecular weight excluding hydrogens is 264 g/mol. The van der Waals surface area contributed by atoms with Crippen molar-refractivity contribution in [1.82, 2.24) is 0 Å². The van der Waals surface area contributed by atoms with Crippen LogP contribution in [0.15, 0.2) is 59.7 Å². The molecule has 0 unspecified atom stereocenters. The second-order valence-electron chi connectivity index (χ2n) is 5.09. The molecule has 0 heteroatoms. The quantitative estimate of drug-likeness (QED) is 0.576. The molecule has 0 amide bonds. The first kappa shape index (κ1) is 16.3. The average molecular weight is 290 g/mol. The van der Waals surface area contributed by atoms with E-state index in [9.17, 15) is 0 Å². The van der Waals surface area contributed by atoms with E-state index in [-0.39, 0.29) is 0 Å². The van der Waals surface area contributed by atoms with Gasteiger partial charge in [0, 0.05) is 0 Å². The van der Waals surface area contributed by atoms with Gasteiger partial charge < -0.3 is 0 Å². The third kappa shape index (κ3) is 3.22. The zero-order valence-electron chi connectivity index (χ0n) is 14.2. The highest BCUT2D eigenvalue weighted by atomic mass is 14.2. The maximum absolute atomic E-state index is 2.35. The SMILES string of the molecule is C1=C(C2=Cc3ccccc3C2)Cc2ccccc21.CC.CC. The first-order valence-electron chi connectivity index (χ1n) is 8.47. The highest BCUT2D eigenvalue weighted by Crippen LogP contribution is 2.35. The van der Waals surface area contributed by atoms with E-state index in [4.69, 9.17) is 0 Å². The molecule has 4 rings (SSSR count). The van der Waals surface area contributed by atoms with Gasteiger partial charge in [-0.05, 0) is 46.2 Å². The fraction of sp³-hybridized carbons (Fsp3) is 0.273. The zero-order chi connectivity index (χ0) is 15.9. The van der Waals surface area contributed by atoms with Gasteiger partial charge in [-0.3, -0.25) is 0 Å². The number of hydrogen-bond donors (Lipinski definition) is 0. The summed E-state index contributed by atoms with van der Waals surface area (Å²) in [5.74, 6) is 0. The molecule has 0 heterocycles. The van der Waals surface area contributed by atoms with Gasteiger partial charge in [-0.2, -0.15) is 0 Å². The summed E-state index contributed by atoms with van der Waals surface area (Å²) >= 11 is 0. The van der Waals surface area contributed by atoms with Crippen molar-refractivity contribution in [2.24, 2.45) is 0 Å². The molecule has 0 N–H and O–H groups in total. The summed E-state index contributed by atoms with van der Waals surface area (Å²) in [6.07, 6.45) is 6.89. The lowest BCUT2D eigenvalue weighted by Crippen LogP contribution is -1.90. The maximum atomic E-state index is 2.35. The summed E-state index contributed by atoms with van der Waals surface area (Å²) in [5, 5.41) is 0. The second kappa shape index (κ2) is 7.79. The highest BCUT2D eigenvalue weighted by molar-refractivity contribution is 5.76. The summed E-state index contributed by atoms with van der Waals surface area (Å²) < 4.78 is 0. The molecule has 0 saturated heterocycles. The van der Waals surface area contributed by atoms with Crippen molar-refractivity contribution in [3.05, 3.63) is 81.9 Å². The molecule has 0 spiro atoms. The van der Waals surface area contributed by atoms with Gasteiger partial charge in [0.25, 0.3) is 0 Å². The number of allylic oxidation sites excluding steroid dienone is 2. The molecule has 0 bridgehead atoms. The van der Waals surface area contributed by atoms with Crippen LogP contribution >= 0.6 is 0 Å². The second-order valence-corrected chi connectivity index (χ2v) is 5.09. The average Bonchev–Trinajstić information content (AvgIpc) is 3.22. The van der Waals surface area contributed by atoms with Crippen molar-refractivity contribution in [2.75, 3.05) is 0 Å². The standard InChI is InChI=1S/C18H14.2C2H6/c1-2-6-14-10-17(9-13(14)5-1)18-11-15-7-3-4-8-16(15)12-18;2*1-2/h1-9,11H,10,12H2;2*1-2H3. The van der Waals surface area contributed by atoms with Crippen LogP contribution in [0.2, 0.25) is 0 Å². The van der Waals surface area contributed by atoms with E-state index >= 15 is 0 Å². The number of fused-ring (bicyclic) bond motifs is 2. The van der Waals surface area contributed by atoms with Gasteiger partial charge >= 0.3 is 0 Å². The Morgan fingerprint density at radius 2 is 0.909 bits per heavy atom. The maximum Gasteiger partial charge on any atom is -0.00168 e. The molecule has 0 nitrogen and oxygen atoms in total. The minimum atomic E-state index is 1.09. The Labute approximate surface area is 135 Å². The molecule has 2 aromatic carbocycles. The van der Waals surface area contributed by atoms with E-state index in [0.717, 1.165) is 12.8 Å². The van der Waals surface area contributed by atoms with Crippen LogP contribution in [0.3, 0.4) is 0 Å². The lowest BCUT2D eigenvalue weighted by atomic mass is 10.0. The first-order chi connectivity index (χ1) is 10.9. The van der Waals surface area contributed by atoms with Gasteiger partial charge in [0.1, 0.15) is 0 Å². The predicted octanol–water partition coefficient (Wildman–Crippen LogP) is 6.32. The van der Waals surface area contributed by atoms with Gasteiger partial charge in [0.2, 0.25) is 0 Å². The topological polar surface area (TPSA) is 0 Å². The van der Waals surface area contributed by atoms with Crippen LogP contribution in [-0.2, 0) is 12.8 Å². The van der Waals surface area contributed by atoms with E-state index in [0.29, 0.717) is 0 Å². The number of rotatable bonds is 1. The van der Waals surface area contributed by atoms with Crippen LogP contribution < -0.4 is 0 Å². The Bertz CT molecular complexity index is 625. The van der Waals surface area contributed by atoms with Crippen molar-refractivity contribution < 1.29 is 0 Å². The minimum Gasteiger partial charge on any atom is -0.0683 e. The van der Waals surface area contributed by atoms with Crippen LogP contribution in [0.1, 0.15) is 49.9 Å². The normalized spacial score (nSPS) is 13.6.